The molecule has 1 aromatic carbocycles. The first-order valence-corrected chi connectivity index (χ1v) is 6.22. The van der Waals surface area contributed by atoms with Gasteiger partial charge >= 0.3 is 0 Å². The van der Waals surface area contributed by atoms with Crippen molar-refractivity contribution in [1.82, 2.24) is 5.32 Å². The maximum Gasteiger partial charge on any atom is 0.129 e. The van der Waals surface area contributed by atoms with Crippen molar-refractivity contribution >= 4 is 11.6 Å². The van der Waals surface area contributed by atoms with Gasteiger partial charge in [0.2, 0.25) is 0 Å². The fourth-order valence-corrected chi connectivity index (χ4v) is 1.74. The van der Waals surface area contributed by atoms with Crippen LogP contribution in [0.5, 0.6) is 0 Å². The fraction of sp³-hybridized carbons (Fsp3) is 0.538. The highest BCUT2D eigenvalue weighted by atomic mass is 35.5. The van der Waals surface area contributed by atoms with Crippen molar-refractivity contribution in [1.29, 1.82) is 0 Å². The maximum atomic E-state index is 13.8. The molecular formula is C13H19ClFNO. The predicted octanol–water partition coefficient (Wildman–Crippen LogP) is 3.55. The molecule has 1 aromatic rings. The third-order valence-electron chi connectivity index (χ3n) is 2.38. The minimum Gasteiger partial charge on any atom is -0.377 e. The van der Waals surface area contributed by atoms with Crippen LogP contribution in [0.4, 0.5) is 4.39 Å². The summed E-state index contributed by atoms with van der Waals surface area (Å²) in [5.74, 6) is -0.296. The van der Waals surface area contributed by atoms with Crippen LogP contribution in [0.1, 0.15) is 32.4 Å². The number of likely N-dealkylation sites (N-methyl/N-ethyl adjacent to an activating group) is 1. The molecule has 0 aliphatic rings. The Labute approximate surface area is 107 Å². The largest absolute Gasteiger partial charge is 0.377 e. The molecule has 4 heteroatoms. The molecule has 17 heavy (non-hydrogen) atoms. The van der Waals surface area contributed by atoms with E-state index in [2.05, 4.69) is 5.32 Å². The smallest absolute Gasteiger partial charge is 0.129 e. The van der Waals surface area contributed by atoms with Gasteiger partial charge in [-0.05, 0) is 32.5 Å². The molecule has 1 unspecified atom stereocenters. The van der Waals surface area contributed by atoms with Gasteiger partial charge in [0, 0.05) is 10.6 Å². The topological polar surface area (TPSA) is 21.3 Å². The third-order valence-corrected chi connectivity index (χ3v) is 2.62. The normalized spacial score (nSPS) is 13.1. The summed E-state index contributed by atoms with van der Waals surface area (Å²) >= 11 is 5.73. The lowest BCUT2D eigenvalue weighted by molar-refractivity contribution is 0.0607. The van der Waals surface area contributed by atoms with E-state index in [1.165, 1.54) is 6.07 Å². The van der Waals surface area contributed by atoms with Gasteiger partial charge < -0.3 is 10.1 Å². The SMILES string of the molecule is CCNC(COC(C)C)c1ccc(Cl)cc1F. The van der Waals surface area contributed by atoms with E-state index < -0.39 is 0 Å². The Morgan fingerprint density at radius 1 is 1.41 bits per heavy atom. The van der Waals surface area contributed by atoms with Crippen LogP contribution in [0, 0.1) is 5.82 Å². The zero-order valence-electron chi connectivity index (χ0n) is 10.5. The van der Waals surface area contributed by atoms with Crippen LogP contribution >= 0.6 is 11.6 Å². The molecule has 96 valence electrons. The van der Waals surface area contributed by atoms with Crippen LogP contribution in [0.15, 0.2) is 18.2 Å². The van der Waals surface area contributed by atoms with Crippen molar-refractivity contribution in [3.05, 3.63) is 34.6 Å². The second-order valence-electron chi connectivity index (χ2n) is 4.16. The second-order valence-corrected chi connectivity index (χ2v) is 4.59. The van der Waals surface area contributed by atoms with Gasteiger partial charge in [0.25, 0.3) is 0 Å². The molecule has 0 aromatic heterocycles. The van der Waals surface area contributed by atoms with E-state index in [9.17, 15) is 4.39 Å². The van der Waals surface area contributed by atoms with Crippen LogP contribution < -0.4 is 5.32 Å². The molecular weight excluding hydrogens is 241 g/mol. The molecule has 0 amide bonds. The molecule has 0 saturated carbocycles. The second kappa shape index (κ2) is 6.94. The lowest BCUT2D eigenvalue weighted by Crippen LogP contribution is -2.27. The highest BCUT2D eigenvalue weighted by molar-refractivity contribution is 6.30. The Morgan fingerprint density at radius 3 is 2.65 bits per heavy atom. The lowest BCUT2D eigenvalue weighted by atomic mass is 10.1. The van der Waals surface area contributed by atoms with Gasteiger partial charge in [0.1, 0.15) is 5.82 Å². The number of ether oxygens (including phenoxy) is 1. The van der Waals surface area contributed by atoms with Gasteiger partial charge in [0.05, 0.1) is 18.8 Å². The fourth-order valence-electron chi connectivity index (χ4n) is 1.58. The van der Waals surface area contributed by atoms with E-state index in [-0.39, 0.29) is 18.0 Å². The van der Waals surface area contributed by atoms with Crippen molar-refractivity contribution in [2.75, 3.05) is 13.2 Å². The molecule has 0 bridgehead atoms. The van der Waals surface area contributed by atoms with E-state index in [1.54, 1.807) is 12.1 Å². The number of hydrogen-bond donors (Lipinski definition) is 1. The summed E-state index contributed by atoms with van der Waals surface area (Å²) in [6, 6.07) is 4.59. The molecule has 1 atom stereocenters. The van der Waals surface area contributed by atoms with E-state index in [0.29, 0.717) is 17.2 Å². The lowest BCUT2D eigenvalue weighted by Gasteiger charge is -2.20. The molecule has 0 spiro atoms. The molecule has 0 heterocycles. The van der Waals surface area contributed by atoms with Crippen molar-refractivity contribution in [2.45, 2.75) is 32.9 Å². The molecule has 0 fully saturated rings. The molecule has 0 aliphatic heterocycles. The maximum absolute atomic E-state index is 13.8. The first-order valence-electron chi connectivity index (χ1n) is 5.84. The molecule has 1 rings (SSSR count). The van der Waals surface area contributed by atoms with E-state index in [0.717, 1.165) is 6.54 Å². The standard InChI is InChI=1S/C13H19ClFNO/c1-4-16-13(8-17-9(2)3)11-6-5-10(14)7-12(11)15/h5-7,9,13,16H,4,8H2,1-3H3. The van der Waals surface area contributed by atoms with Crippen molar-refractivity contribution in [3.8, 4) is 0 Å². The third kappa shape index (κ3) is 4.62. The van der Waals surface area contributed by atoms with Crippen molar-refractivity contribution in [2.24, 2.45) is 0 Å². The van der Waals surface area contributed by atoms with Crippen molar-refractivity contribution in [3.63, 3.8) is 0 Å². The van der Waals surface area contributed by atoms with Gasteiger partial charge in [-0.25, -0.2) is 4.39 Å². The zero-order chi connectivity index (χ0) is 12.8. The summed E-state index contributed by atoms with van der Waals surface area (Å²) in [7, 11) is 0. The van der Waals surface area contributed by atoms with Crippen LogP contribution in [-0.2, 0) is 4.74 Å². The summed E-state index contributed by atoms with van der Waals surface area (Å²) in [6.45, 7) is 7.11. The molecule has 2 nitrogen and oxygen atoms in total. The Bertz CT molecular complexity index is 357. The zero-order valence-corrected chi connectivity index (χ0v) is 11.2. The average Bonchev–Trinajstić information content (AvgIpc) is 2.24. The minimum atomic E-state index is -0.296. The molecule has 1 N–H and O–H groups in total. The van der Waals surface area contributed by atoms with Gasteiger partial charge in [-0.3, -0.25) is 0 Å². The van der Waals surface area contributed by atoms with Gasteiger partial charge in [-0.1, -0.05) is 24.6 Å². The van der Waals surface area contributed by atoms with Crippen molar-refractivity contribution < 1.29 is 9.13 Å². The molecule has 0 saturated heterocycles. The van der Waals surface area contributed by atoms with Crippen LogP contribution in [0.3, 0.4) is 0 Å². The number of halogens is 2. The van der Waals surface area contributed by atoms with Crippen LogP contribution in [0.2, 0.25) is 5.02 Å². The monoisotopic (exact) mass is 259 g/mol. The minimum absolute atomic E-state index is 0.131. The van der Waals surface area contributed by atoms with Gasteiger partial charge in [-0.15, -0.1) is 0 Å². The molecule has 0 aliphatic carbocycles. The number of rotatable bonds is 6. The van der Waals surface area contributed by atoms with E-state index >= 15 is 0 Å². The van der Waals surface area contributed by atoms with E-state index in [1.807, 2.05) is 20.8 Å². The summed E-state index contributed by atoms with van der Waals surface area (Å²) in [5.41, 5.74) is 0.594. The predicted molar refractivity (Wildman–Crippen MR) is 68.9 cm³/mol. The van der Waals surface area contributed by atoms with Gasteiger partial charge in [0.15, 0.2) is 0 Å². The summed E-state index contributed by atoms with van der Waals surface area (Å²) < 4.78 is 19.3. The Balaban J connectivity index is 2.81. The van der Waals surface area contributed by atoms with E-state index in [4.69, 9.17) is 16.3 Å². The number of benzene rings is 1. The van der Waals surface area contributed by atoms with Crippen LogP contribution in [0.25, 0.3) is 0 Å². The number of nitrogens with one attached hydrogen (secondary N) is 1. The van der Waals surface area contributed by atoms with Gasteiger partial charge in [-0.2, -0.15) is 0 Å². The summed E-state index contributed by atoms with van der Waals surface area (Å²) in [4.78, 5) is 0. The highest BCUT2D eigenvalue weighted by Crippen LogP contribution is 2.21. The Kier molecular flexibility index (Phi) is 5.89. The molecule has 0 radical (unpaired) electrons. The Hall–Kier alpha value is -0.640. The summed E-state index contributed by atoms with van der Waals surface area (Å²) in [5, 5.41) is 3.62. The summed E-state index contributed by atoms with van der Waals surface area (Å²) in [6.07, 6.45) is 0.131. The number of hydrogen-bond acceptors (Lipinski definition) is 2. The first-order chi connectivity index (χ1) is 8.04. The Morgan fingerprint density at radius 2 is 2.12 bits per heavy atom. The first kappa shape index (κ1) is 14.4. The quantitative estimate of drug-likeness (QED) is 0.844. The highest BCUT2D eigenvalue weighted by Gasteiger charge is 2.15. The van der Waals surface area contributed by atoms with Crippen LogP contribution in [-0.4, -0.2) is 19.3 Å². The average molecular weight is 260 g/mol.